The van der Waals surface area contributed by atoms with Crippen molar-refractivity contribution >= 4 is 35.2 Å². The van der Waals surface area contributed by atoms with Crippen LogP contribution < -0.4 is 10.6 Å². The highest BCUT2D eigenvalue weighted by molar-refractivity contribution is 7.07. The zero-order chi connectivity index (χ0) is 32.4. The van der Waals surface area contributed by atoms with Crippen LogP contribution in [0.2, 0.25) is 0 Å². The Morgan fingerprint density at radius 3 is 2.29 bits per heavy atom. The highest BCUT2D eigenvalue weighted by Gasteiger charge is 2.41. The lowest BCUT2D eigenvalue weighted by atomic mass is 9.99. The second kappa shape index (κ2) is 15.6. The van der Waals surface area contributed by atoms with E-state index in [1.54, 1.807) is 31.7 Å². The van der Waals surface area contributed by atoms with Crippen molar-refractivity contribution in [1.29, 1.82) is 0 Å². The number of rotatable bonds is 12. The summed E-state index contributed by atoms with van der Waals surface area (Å²) in [6.07, 6.45) is -1.32. The lowest BCUT2D eigenvalue weighted by molar-refractivity contribution is -0.165. The van der Waals surface area contributed by atoms with Gasteiger partial charge in [-0.05, 0) is 51.2 Å². The van der Waals surface area contributed by atoms with Crippen molar-refractivity contribution in [2.24, 2.45) is 0 Å². The second-order valence-corrected chi connectivity index (χ2v) is 12.6. The Morgan fingerprint density at radius 2 is 1.67 bits per heavy atom. The molecule has 4 atom stereocenters. The van der Waals surface area contributed by atoms with E-state index in [2.05, 4.69) is 15.6 Å². The zero-order valence-electron chi connectivity index (χ0n) is 25.7. The van der Waals surface area contributed by atoms with Crippen molar-refractivity contribution < 1.29 is 33.8 Å². The molecule has 3 amide bonds. The summed E-state index contributed by atoms with van der Waals surface area (Å²) in [4.78, 5) is 58.7. The van der Waals surface area contributed by atoms with Crippen LogP contribution in [0.4, 0.5) is 4.79 Å². The Kier molecular flexibility index (Phi) is 11.7. The topological polar surface area (TPSA) is 147 Å². The number of aliphatic hydroxyl groups is 1. The van der Waals surface area contributed by atoms with Gasteiger partial charge in [0.15, 0.2) is 6.10 Å². The van der Waals surface area contributed by atoms with E-state index in [1.165, 1.54) is 16.2 Å². The van der Waals surface area contributed by atoms with Gasteiger partial charge in [0.05, 0.1) is 17.2 Å². The number of amides is 3. The van der Waals surface area contributed by atoms with Crippen molar-refractivity contribution in [2.75, 3.05) is 6.54 Å². The van der Waals surface area contributed by atoms with E-state index in [1.807, 2.05) is 60.7 Å². The number of likely N-dealkylation sites (tertiary alicyclic amines) is 1. The highest BCUT2D eigenvalue weighted by atomic mass is 32.1. The fraction of sp³-hybridized carbons (Fsp3) is 0.424. The average Bonchev–Trinajstić information content (AvgIpc) is 3.72. The number of hydrogen-bond donors (Lipinski definition) is 3. The van der Waals surface area contributed by atoms with Crippen LogP contribution in [0.3, 0.4) is 0 Å². The minimum Gasteiger partial charge on any atom is -0.458 e. The number of alkyl carbamates (subject to hydrolysis) is 1. The van der Waals surface area contributed by atoms with E-state index < -0.39 is 53.7 Å². The standard InChI is InChI=1S/C33H40N4O7S/c1-33(2,3)44-31(41)27-15-10-16-37(27)30(40)28(38)25(17-22-11-6-4-7-12-22)35-29(39)26(18-24-20-45-21-34-24)36-32(42)43-19-23-13-8-5-9-14-23/h4-9,11-14,20-21,25-28,38H,10,15-19H2,1-3H3,(H,35,39)(H,36,42)/t25-,26-,27-,28?/m0/s1. The molecule has 1 aliphatic heterocycles. The number of carbonyl (C=O) groups is 4. The van der Waals surface area contributed by atoms with Gasteiger partial charge in [-0.1, -0.05) is 60.7 Å². The summed E-state index contributed by atoms with van der Waals surface area (Å²) < 4.78 is 10.9. The van der Waals surface area contributed by atoms with Crippen LogP contribution >= 0.6 is 11.3 Å². The van der Waals surface area contributed by atoms with E-state index in [9.17, 15) is 24.3 Å². The van der Waals surface area contributed by atoms with Gasteiger partial charge in [-0.25, -0.2) is 14.6 Å². The van der Waals surface area contributed by atoms with Crippen LogP contribution in [0, 0.1) is 0 Å². The minimum absolute atomic E-state index is 0.0101. The van der Waals surface area contributed by atoms with E-state index >= 15 is 0 Å². The lowest BCUT2D eigenvalue weighted by Gasteiger charge is -2.32. The third-order valence-electron chi connectivity index (χ3n) is 7.19. The maximum atomic E-state index is 13.7. The molecule has 1 fully saturated rings. The van der Waals surface area contributed by atoms with Crippen LogP contribution in [0.5, 0.6) is 0 Å². The summed E-state index contributed by atoms with van der Waals surface area (Å²) in [5, 5.41) is 18.6. The molecular weight excluding hydrogens is 596 g/mol. The largest absolute Gasteiger partial charge is 0.458 e. The van der Waals surface area contributed by atoms with Crippen molar-refractivity contribution in [3.05, 3.63) is 88.4 Å². The van der Waals surface area contributed by atoms with Crippen molar-refractivity contribution in [3.63, 3.8) is 0 Å². The number of thiazole rings is 1. The number of esters is 1. The molecule has 0 radical (unpaired) electrons. The first-order chi connectivity index (χ1) is 21.5. The number of hydrogen-bond acceptors (Lipinski definition) is 9. The van der Waals surface area contributed by atoms with Gasteiger partial charge in [-0.3, -0.25) is 9.59 Å². The number of ether oxygens (including phenoxy) is 2. The Labute approximate surface area is 266 Å². The normalized spacial score (nSPS) is 16.7. The monoisotopic (exact) mass is 636 g/mol. The maximum absolute atomic E-state index is 13.7. The molecule has 0 saturated carbocycles. The van der Waals surface area contributed by atoms with Crippen LogP contribution in [0.1, 0.15) is 50.4 Å². The Morgan fingerprint density at radius 1 is 1.00 bits per heavy atom. The Bertz CT molecular complexity index is 1410. The first-order valence-corrected chi connectivity index (χ1v) is 15.8. The molecule has 240 valence electrons. The van der Waals surface area contributed by atoms with Gasteiger partial charge in [0.2, 0.25) is 5.91 Å². The Balaban J connectivity index is 1.51. The molecule has 3 N–H and O–H groups in total. The molecular formula is C33H40N4O7S. The molecule has 1 aliphatic rings. The Hall–Kier alpha value is -4.29. The number of aromatic nitrogens is 1. The minimum atomic E-state index is -1.68. The number of carbonyl (C=O) groups excluding carboxylic acids is 4. The summed E-state index contributed by atoms with van der Waals surface area (Å²) in [6.45, 7) is 5.53. The lowest BCUT2D eigenvalue weighted by Crippen LogP contribution is -2.58. The number of aliphatic hydroxyl groups excluding tert-OH is 1. The predicted octanol–water partition coefficient (Wildman–Crippen LogP) is 3.40. The molecule has 0 bridgehead atoms. The molecule has 1 aromatic heterocycles. The van der Waals surface area contributed by atoms with Gasteiger partial charge < -0.3 is 30.1 Å². The molecule has 1 saturated heterocycles. The summed E-state index contributed by atoms with van der Waals surface area (Å²) in [5.41, 5.74) is 3.01. The number of benzene rings is 2. The third kappa shape index (κ3) is 10.1. The molecule has 2 aromatic carbocycles. The van der Waals surface area contributed by atoms with Gasteiger partial charge >= 0.3 is 12.1 Å². The van der Waals surface area contributed by atoms with E-state index in [-0.39, 0.29) is 26.0 Å². The molecule has 45 heavy (non-hydrogen) atoms. The van der Waals surface area contributed by atoms with Crippen LogP contribution in [-0.4, -0.2) is 75.2 Å². The van der Waals surface area contributed by atoms with Crippen LogP contribution in [0.25, 0.3) is 0 Å². The molecule has 3 aromatic rings. The van der Waals surface area contributed by atoms with E-state index in [4.69, 9.17) is 9.47 Å². The average molecular weight is 637 g/mol. The molecule has 0 aliphatic carbocycles. The SMILES string of the molecule is CC(C)(C)OC(=O)[C@@H]1CCCN1C(=O)C(O)[C@H](Cc1ccccc1)NC(=O)[C@H](Cc1cscn1)NC(=O)OCc1ccccc1. The third-order valence-corrected chi connectivity index (χ3v) is 7.83. The summed E-state index contributed by atoms with van der Waals surface area (Å²) in [5.74, 6) is -1.85. The van der Waals surface area contributed by atoms with Gasteiger partial charge in [0.25, 0.3) is 5.91 Å². The van der Waals surface area contributed by atoms with Crippen LogP contribution in [0.15, 0.2) is 71.6 Å². The summed E-state index contributed by atoms with van der Waals surface area (Å²) >= 11 is 1.35. The molecule has 11 nitrogen and oxygen atoms in total. The van der Waals surface area contributed by atoms with Gasteiger partial charge in [-0.2, -0.15) is 0 Å². The maximum Gasteiger partial charge on any atom is 0.408 e. The van der Waals surface area contributed by atoms with E-state index in [0.29, 0.717) is 18.5 Å². The summed E-state index contributed by atoms with van der Waals surface area (Å²) in [6, 6.07) is 15.2. The first-order valence-electron chi connectivity index (χ1n) is 14.9. The zero-order valence-corrected chi connectivity index (χ0v) is 26.5. The van der Waals surface area contributed by atoms with Gasteiger partial charge in [0, 0.05) is 18.3 Å². The highest BCUT2D eigenvalue weighted by Crippen LogP contribution is 2.23. The quantitative estimate of drug-likeness (QED) is 0.257. The fourth-order valence-corrected chi connectivity index (χ4v) is 5.62. The molecule has 1 unspecified atom stereocenters. The predicted molar refractivity (Wildman–Crippen MR) is 168 cm³/mol. The second-order valence-electron chi connectivity index (χ2n) is 11.9. The van der Waals surface area contributed by atoms with Gasteiger partial charge in [0.1, 0.15) is 24.3 Å². The van der Waals surface area contributed by atoms with Crippen molar-refractivity contribution in [3.8, 4) is 0 Å². The number of nitrogens with zero attached hydrogens (tertiary/aromatic N) is 2. The van der Waals surface area contributed by atoms with Crippen molar-refractivity contribution in [2.45, 2.75) is 82.9 Å². The first kappa shape index (κ1) is 33.6. The van der Waals surface area contributed by atoms with Gasteiger partial charge in [-0.15, -0.1) is 11.3 Å². The molecule has 4 rings (SSSR count). The summed E-state index contributed by atoms with van der Waals surface area (Å²) in [7, 11) is 0. The number of nitrogens with one attached hydrogen (secondary N) is 2. The molecule has 0 spiro atoms. The van der Waals surface area contributed by atoms with Crippen LogP contribution in [-0.2, 0) is 43.3 Å². The van der Waals surface area contributed by atoms with E-state index in [0.717, 1.165) is 11.1 Å². The smallest absolute Gasteiger partial charge is 0.408 e. The fourth-order valence-electron chi connectivity index (χ4n) is 5.04. The van der Waals surface area contributed by atoms with Crippen molar-refractivity contribution in [1.82, 2.24) is 20.5 Å². The molecule has 12 heteroatoms. The molecule has 2 heterocycles.